The smallest absolute Gasteiger partial charge is 0.113 e. The van der Waals surface area contributed by atoms with E-state index in [1.165, 1.54) is 5.56 Å². The van der Waals surface area contributed by atoms with Gasteiger partial charge in [0.2, 0.25) is 0 Å². The average Bonchev–Trinajstić information content (AvgIpc) is 2.78. The van der Waals surface area contributed by atoms with Crippen molar-refractivity contribution in [1.29, 1.82) is 0 Å². The molecule has 0 radical (unpaired) electrons. The van der Waals surface area contributed by atoms with E-state index in [9.17, 15) is 0 Å². The van der Waals surface area contributed by atoms with Gasteiger partial charge in [0.1, 0.15) is 5.69 Å². The molecule has 0 saturated heterocycles. The van der Waals surface area contributed by atoms with Gasteiger partial charge in [-0.25, -0.2) is 0 Å². The second kappa shape index (κ2) is 5.10. The fourth-order valence-corrected chi connectivity index (χ4v) is 1.71. The van der Waals surface area contributed by atoms with Crippen LogP contribution >= 0.6 is 0 Å². The highest BCUT2D eigenvalue weighted by molar-refractivity contribution is 5.58. The van der Waals surface area contributed by atoms with Gasteiger partial charge in [-0.3, -0.25) is 4.68 Å². The highest BCUT2D eigenvalue weighted by atomic mass is 15.4. The third kappa shape index (κ3) is 2.71. The monoisotopic (exact) mass is 230 g/mol. The first-order chi connectivity index (χ1) is 8.20. The summed E-state index contributed by atoms with van der Waals surface area (Å²) in [6.07, 6.45) is 1.93. The van der Waals surface area contributed by atoms with Crippen molar-refractivity contribution in [3.8, 4) is 11.3 Å². The molecule has 1 aromatic heterocycles. The Bertz CT molecular complexity index is 470. The summed E-state index contributed by atoms with van der Waals surface area (Å²) >= 11 is 0. The highest BCUT2D eigenvalue weighted by Crippen LogP contribution is 2.20. The molecule has 0 aliphatic rings. The molecular formula is C13H18N4. The van der Waals surface area contributed by atoms with Crippen LogP contribution in [0.1, 0.15) is 25.3 Å². The van der Waals surface area contributed by atoms with Gasteiger partial charge in [0.25, 0.3) is 0 Å². The molecule has 2 aromatic rings. The first-order valence-corrected chi connectivity index (χ1v) is 5.91. The molecule has 0 saturated carbocycles. The predicted octanol–water partition coefficient (Wildman–Crippen LogP) is 2.03. The lowest BCUT2D eigenvalue weighted by Crippen LogP contribution is -2.10. The zero-order chi connectivity index (χ0) is 12.3. The minimum absolute atomic E-state index is 0.553. The minimum Gasteiger partial charge on any atom is -0.329 e. The van der Waals surface area contributed by atoms with E-state index >= 15 is 0 Å². The summed E-state index contributed by atoms with van der Waals surface area (Å²) in [5, 5.41) is 8.16. The van der Waals surface area contributed by atoms with Gasteiger partial charge in [0.05, 0.1) is 12.7 Å². The summed E-state index contributed by atoms with van der Waals surface area (Å²) in [5.74, 6) is 0.553. The first-order valence-electron chi connectivity index (χ1n) is 5.91. The van der Waals surface area contributed by atoms with Crippen molar-refractivity contribution in [2.45, 2.75) is 26.3 Å². The number of nitrogens with two attached hydrogens (primary N) is 1. The van der Waals surface area contributed by atoms with E-state index in [1.54, 1.807) is 4.68 Å². The number of hydrogen-bond donors (Lipinski definition) is 1. The van der Waals surface area contributed by atoms with Crippen LogP contribution in [-0.2, 0) is 6.54 Å². The molecule has 0 bridgehead atoms. The maximum absolute atomic E-state index is 5.47. The molecule has 0 amide bonds. The Kier molecular flexibility index (Phi) is 3.54. The molecule has 0 atom stereocenters. The maximum atomic E-state index is 5.47. The fraction of sp³-hybridized carbons (Fsp3) is 0.385. The molecule has 0 unspecified atom stereocenters. The molecule has 17 heavy (non-hydrogen) atoms. The van der Waals surface area contributed by atoms with Crippen LogP contribution < -0.4 is 5.73 Å². The second-order valence-electron chi connectivity index (χ2n) is 4.43. The Hall–Kier alpha value is -1.68. The summed E-state index contributed by atoms with van der Waals surface area (Å²) in [6, 6.07) is 8.46. The van der Waals surface area contributed by atoms with Crippen LogP contribution in [0.5, 0.6) is 0 Å². The van der Waals surface area contributed by atoms with E-state index in [0.29, 0.717) is 19.0 Å². The van der Waals surface area contributed by atoms with Crippen molar-refractivity contribution in [2.24, 2.45) is 5.73 Å². The Balaban J connectivity index is 2.21. The van der Waals surface area contributed by atoms with Gasteiger partial charge in [-0.2, -0.15) is 0 Å². The van der Waals surface area contributed by atoms with E-state index in [0.717, 1.165) is 11.3 Å². The van der Waals surface area contributed by atoms with E-state index in [1.807, 2.05) is 6.20 Å². The molecule has 1 aromatic carbocycles. The largest absolute Gasteiger partial charge is 0.329 e. The maximum Gasteiger partial charge on any atom is 0.113 e. The summed E-state index contributed by atoms with van der Waals surface area (Å²) in [7, 11) is 0. The van der Waals surface area contributed by atoms with Crippen LogP contribution in [0.3, 0.4) is 0 Å². The zero-order valence-electron chi connectivity index (χ0n) is 10.3. The molecule has 0 spiro atoms. The Morgan fingerprint density at radius 3 is 2.53 bits per heavy atom. The van der Waals surface area contributed by atoms with Crippen LogP contribution in [0.2, 0.25) is 0 Å². The van der Waals surface area contributed by atoms with Gasteiger partial charge >= 0.3 is 0 Å². The normalized spacial score (nSPS) is 11.1. The van der Waals surface area contributed by atoms with Crippen LogP contribution in [-0.4, -0.2) is 21.5 Å². The van der Waals surface area contributed by atoms with E-state index in [2.05, 4.69) is 48.4 Å². The second-order valence-corrected chi connectivity index (χ2v) is 4.43. The third-order valence-corrected chi connectivity index (χ3v) is 2.77. The van der Waals surface area contributed by atoms with Gasteiger partial charge in [0.15, 0.2) is 0 Å². The molecule has 90 valence electrons. The number of rotatable bonds is 4. The predicted molar refractivity (Wildman–Crippen MR) is 68.6 cm³/mol. The van der Waals surface area contributed by atoms with Crippen LogP contribution in [0.25, 0.3) is 11.3 Å². The average molecular weight is 230 g/mol. The quantitative estimate of drug-likeness (QED) is 0.874. The van der Waals surface area contributed by atoms with Crippen LogP contribution in [0.15, 0.2) is 30.5 Å². The molecule has 0 aliphatic heterocycles. The molecule has 2 rings (SSSR count). The van der Waals surface area contributed by atoms with Crippen molar-refractivity contribution in [1.82, 2.24) is 15.0 Å². The van der Waals surface area contributed by atoms with Crippen LogP contribution in [0.4, 0.5) is 0 Å². The highest BCUT2D eigenvalue weighted by Gasteiger charge is 2.04. The Labute approximate surface area is 101 Å². The number of nitrogens with zero attached hydrogens (tertiary/aromatic N) is 3. The van der Waals surface area contributed by atoms with Crippen molar-refractivity contribution < 1.29 is 0 Å². The number of hydrogen-bond acceptors (Lipinski definition) is 3. The molecule has 0 fully saturated rings. The lowest BCUT2D eigenvalue weighted by Gasteiger charge is -2.05. The van der Waals surface area contributed by atoms with Gasteiger partial charge < -0.3 is 5.73 Å². The summed E-state index contributed by atoms with van der Waals surface area (Å²) in [4.78, 5) is 0. The lowest BCUT2D eigenvalue weighted by molar-refractivity contribution is 0.598. The fourth-order valence-electron chi connectivity index (χ4n) is 1.71. The van der Waals surface area contributed by atoms with Crippen molar-refractivity contribution in [3.05, 3.63) is 36.0 Å². The van der Waals surface area contributed by atoms with Gasteiger partial charge in [0, 0.05) is 12.1 Å². The first kappa shape index (κ1) is 11.8. The Morgan fingerprint density at radius 2 is 1.94 bits per heavy atom. The van der Waals surface area contributed by atoms with Crippen molar-refractivity contribution in [2.75, 3.05) is 6.54 Å². The molecule has 4 heteroatoms. The summed E-state index contributed by atoms with van der Waals surface area (Å²) in [6.45, 7) is 5.66. The molecular weight excluding hydrogens is 212 g/mol. The third-order valence-electron chi connectivity index (χ3n) is 2.77. The topological polar surface area (TPSA) is 56.7 Å². The summed E-state index contributed by atoms with van der Waals surface area (Å²) < 4.78 is 1.77. The zero-order valence-corrected chi connectivity index (χ0v) is 10.3. The SMILES string of the molecule is CC(C)c1ccc(-c2cn(CCN)nn2)cc1. The lowest BCUT2D eigenvalue weighted by atomic mass is 10.0. The van der Waals surface area contributed by atoms with Gasteiger partial charge in [-0.05, 0) is 11.5 Å². The van der Waals surface area contributed by atoms with E-state index < -0.39 is 0 Å². The van der Waals surface area contributed by atoms with Crippen molar-refractivity contribution in [3.63, 3.8) is 0 Å². The van der Waals surface area contributed by atoms with Crippen molar-refractivity contribution >= 4 is 0 Å². The van der Waals surface area contributed by atoms with E-state index in [-0.39, 0.29) is 0 Å². The minimum atomic E-state index is 0.553. The molecule has 0 aliphatic carbocycles. The molecule has 2 N–H and O–H groups in total. The van der Waals surface area contributed by atoms with E-state index in [4.69, 9.17) is 5.73 Å². The van der Waals surface area contributed by atoms with Gasteiger partial charge in [-0.15, -0.1) is 5.10 Å². The van der Waals surface area contributed by atoms with Crippen LogP contribution in [0, 0.1) is 0 Å². The molecule has 4 nitrogen and oxygen atoms in total. The number of aromatic nitrogens is 3. The Morgan fingerprint density at radius 1 is 1.24 bits per heavy atom. The standard InChI is InChI=1S/C13H18N4/c1-10(2)11-3-5-12(6-4-11)13-9-17(8-7-14)16-15-13/h3-6,9-10H,7-8,14H2,1-2H3. The molecule has 1 heterocycles. The number of benzene rings is 1. The summed E-state index contributed by atoms with van der Waals surface area (Å²) in [5.41, 5.74) is 8.80. The van der Waals surface area contributed by atoms with Gasteiger partial charge in [-0.1, -0.05) is 43.3 Å².